The van der Waals surface area contributed by atoms with E-state index in [0.717, 1.165) is 0 Å². The van der Waals surface area contributed by atoms with Crippen LogP contribution in [0.5, 0.6) is 5.75 Å². The van der Waals surface area contributed by atoms with E-state index in [1.807, 2.05) is 0 Å². The molecule has 2 aromatic rings. The Morgan fingerprint density at radius 2 is 2.00 bits per heavy atom. The third-order valence-electron chi connectivity index (χ3n) is 2.59. The van der Waals surface area contributed by atoms with Gasteiger partial charge in [0.1, 0.15) is 5.75 Å². The molecular formula is C14H11F2N3O3. The van der Waals surface area contributed by atoms with E-state index in [4.69, 9.17) is 0 Å². The van der Waals surface area contributed by atoms with Gasteiger partial charge < -0.3 is 4.74 Å². The van der Waals surface area contributed by atoms with Crippen LogP contribution >= 0.6 is 0 Å². The number of nitro benzene ring substituents is 1. The van der Waals surface area contributed by atoms with E-state index >= 15 is 0 Å². The van der Waals surface area contributed by atoms with Gasteiger partial charge in [-0.1, -0.05) is 18.2 Å². The van der Waals surface area contributed by atoms with Crippen LogP contribution in [0.3, 0.4) is 0 Å². The van der Waals surface area contributed by atoms with E-state index in [9.17, 15) is 18.9 Å². The van der Waals surface area contributed by atoms with Gasteiger partial charge in [-0.05, 0) is 18.2 Å². The lowest BCUT2D eigenvalue weighted by Crippen LogP contribution is -2.04. The number of non-ortho nitro benzene ring substituents is 1. The number of nitrogens with zero attached hydrogens (tertiary/aromatic N) is 2. The first-order valence-corrected chi connectivity index (χ1v) is 6.13. The zero-order valence-electron chi connectivity index (χ0n) is 11.1. The second-order valence-corrected chi connectivity index (χ2v) is 4.09. The molecule has 0 aliphatic rings. The summed E-state index contributed by atoms with van der Waals surface area (Å²) in [6, 6.07) is 11.9. The van der Waals surface area contributed by atoms with Gasteiger partial charge >= 0.3 is 6.61 Å². The molecule has 0 saturated heterocycles. The van der Waals surface area contributed by atoms with E-state index in [1.54, 1.807) is 24.3 Å². The molecule has 0 atom stereocenters. The van der Waals surface area contributed by atoms with Crippen molar-refractivity contribution in [3.05, 3.63) is 64.2 Å². The van der Waals surface area contributed by atoms with Crippen molar-refractivity contribution in [3.8, 4) is 5.75 Å². The van der Waals surface area contributed by atoms with Crippen LogP contribution in [-0.2, 0) is 0 Å². The van der Waals surface area contributed by atoms with Gasteiger partial charge in [-0.25, -0.2) is 0 Å². The molecule has 8 heteroatoms. The summed E-state index contributed by atoms with van der Waals surface area (Å²) in [6.07, 6.45) is 1.29. The number of anilines is 1. The standard InChI is InChI=1S/C14H11F2N3O3/c15-14(16)22-13-7-2-1-4-10(13)9-17-18-11-5-3-6-12(8-11)19(20)21/h1-9,14,18H. The van der Waals surface area contributed by atoms with E-state index in [1.165, 1.54) is 30.5 Å². The van der Waals surface area contributed by atoms with E-state index in [0.29, 0.717) is 11.3 Å². The molecule has 0 heterocycles. The first kappa shape index (κ1) is 15.4. The number of alkyl halides is 2. The van der Waals surface area contributed by atoms with Crippen molar-refractivity contribution in [2.24, 2.45) is 5.10 Å². The quantitative estimate of drug-likeness (QED) is 0.502. The van der Waals surface area contributed by atoms with Gasteiger partial charge in [0.15, 0.2) is 0 Å². The molecule has 0 saturated carbocycles. The number of benzene rings is 2. The molecule has 0 amide bonds. The Hall–Kier alpha value is -3.03. The normalized spacial score (nSPS) is 10.9. The number of hydrogen-bond donors (Lipinski definition) is 1. The molecule has 0 radical (unpaired) electrons. The lowest BCUT2D eigenvalue weighted by atomic mass is 10.2. The van der Waals surface area contributed by atoms with Crippen LogP contribution in [0.2, 0.25) is 0 Å². The largest absolute Gasteiger partial charge is 0.434 e. The highest BCUT2D eigenvalue weighted by molar-refractivity contribution is 5.84. The Morgan fingerprint density at radius 1 is 1.23 bits per heavy atom. The summed E-state index contributed by atoms with van der Waals surface area (Å²) >= 11 is 0. The number of hydrogen-bond acceptors (Lipinski definition) is 5. The van der Waals surface area contributed by atoms with Gasteiger partial charge in [0.25, 0.3) is 5.69 Å². The van der Waals surface area contributed by atoms with Crippen LogP contribution in [0.25, 0.3) is 0 Å². The summed E-state index contributed by atoms with van der Waals surface area (Å²) in [6.45, 7) is -2.93. The summed E-state index contributed by atoms with van der Waals surface area (Å²) < 4.78 is 28.9. The maximum Gasteiger partial charge on any atom is 0.387 e. The molecule has 0 spiro atoms. The lowest BCUT2D eigenvalue weighted by Gasteiger charge is -2.07. The predicted molar refractivity (Wildman–Crippen MR) is 77.4 cm³/mol. The molecule has 0 unspecified atom stereocenters. The number of nitro groups is 1. The average molecular weight is 307 g/mol. The van der Waals surface area contributed by atoms with Gasteiger partial charge in [-0.2, -0.15) is 13.9 Å². The minimum atomic E-state index is -2.93. The van der Waals surface area contributed by atoms with Crippen molar-refractivity contribution < 1.29 is 18.4 Å². The van der Waals surface area contributed by atoms with E-state index in [2.05, 4.69) is 15.3 Å². The van der Waals surface area contributed by atoms with Crippen LogP contribution in [0, 0.1) is 10.1 Å². The minimum absolute atomic E-state index is 0.0120. The lowest BCUT2D eigenvalue weighted by molar-refractivity contribution is -0.384. The Kier molecular flexibility index (Phi) is 4.97. The summed E-state index contributed by atoms with van der Waals surface area (Å²) in [7, 11) is 0. The molecule has 0 aromatic heterocycles. The molecule has 22 heavy (non-hydrogen) atoms. The molecule has 2 aromatic carbocycles. The van der Waals surface area contributed by atoms with Crippen molar-refractivity contribution in [2.75, 3.05) is 5.43 Å². The fraction of sp³-hybridized carbons (Fsp3) is 0.0714. The molecule has 0 bridgehead atoms. The van der Waals surface area contributed by atoms with Crippen molar-refractivity contribution in [1.29, 1.82) is 0 Å². The van der Waals surface area contributed by atoms with E-state index in [-0.39, 0.29) is 11.4 Å². The predicted octanol–water partition coefficient (Wildman–Crippen LogP) is 3.64. The highest BCUT2D eigenvalue weighted by Gasteiger charge is 2.07. The first-order valence-electron chi connectivity index (χ1n) is 6.13. The fourth-order valence-electron chi connectivity index (χ4n) is 1.66. The number of nitrogens with one attached hydrogen (secondary N) is 1. The molecule has 1 N–H and O–H groups in total. The summed E-state index contributed by atoms with van der Waals surface area (Å²) in [5.74, 6) is -0.0120. The van der Waals surface area contributed by atoms with Gasteiger partial charge in [0, 0.05) is 17.7 Å². The van der Waals surface area contributed by atoms with Gasteiger partial charge in [0.2, 0.25) is 0 Å². The Morgan fingerprint density at radius 3 is 2.73 bits per heavy atom. The average Bonchev–Trinajstić information content (AvgIpc) is 2.49. The molecule has 0 aliphatic heterocycles. The van der Waals surface area contributed by atoms with Gasteiger partial charge in [-0.3, -0.25) is 15.5 Å². The topological polar surface area (TPSA) is 76.8 Å². The maximum absolute atomic E-state index is 12.3. The SMILES string of the molecule is O=[N+]([O-])c1cccc(NN=Cc2ccccc2OC(F)F)c1. The Labute approximate surface area is 124 Å². The summed E-state index contributed by atoms with van der Waals surface area (Å²) in [5.41, 5.74) is 3.26. The van der Waals surface area contributed by atoms with Gasteiger partial charge in [0.05, 0.1) is 16.8 Å². The van der Waals surface area contributed by atoms with Crippen LogP contribution < -0.4 is 10.2 Å². The van der Waals surface area contributed by atoms with Crippen LogP contribution in [-0.4, -0.2) is 17.7 Å². The van der Waals surface area contributed by atoms with Crippen LogP contribution in [0.1, 0.15) is 5.56 Å². The molecule has 0 aliphatic carbocycles. The smallest absolute Gasteiger partial charge is 0.387 e. The fourth-order valence-corrected chi connectivity index (χ4v) is 1.66. The van der Waals surface area contributed by atoms with Crippen LogP contribution in [0.15, 0.2) is 53.6 Å². The molecule has 114 valence electrons. The van der Waals surface area contributed by atoms with Crippen molar-refractivity contribution in [3.63, 3.8) is 0 Å². The Bertz CT molecular complexity index is 693. The highest BCUT2D eigenvalue weighted by Crippen LogP contribution is 2.19. The summed E-state index contributed by atoms with van der Waals surface area (Å²) in [5, 5.41) is 14.5. The highest BCUT2D eigenvalue weighted by atomic mass is 19.3. The second kappa shape index (κ2) is 7.11. The van der Waals surface area contributed by atoms with E-state index < -0.39 is 11.5 Å². The molecule has 0 fully saturated rings. The van der Waals surface area contributed by atoms with Crippen molar-refractivity contribution in [1.82, 2.24) is 0 Å². The van der Waals surface area contributed by atoms with Gasteiger partial charge in [-0.15, -0.1) is 0 Å². The van der Waals surface area contributed by atoms with Crippen molar-refractivity contribution >= 4 is 17.6 Å². The molecule has 2 rings (SSSR count). The monoisotopic (exact) mass is 307 g/mol. The maximum atomic E-state index is 12.3. The number of para-hydroxylation sites is 1. The summed E-state index contributed by atoms with van der Waals surface area (Å²) in [4.78, 5) is 10.1. The minimum Gasteiger partial charge on any atom is -0.434 e. The number of ether oxygens (including phenoxy) is 1. The zero-order valence-corrected chi connectivity index (χ0v) is 11.1. The molecule has 6 nitrogen and oxygen atoms in total. The number of rotatable bonds is 6. The van der Waals surface area contributed by atoms with Crippen molar-refractivity contribution in [2.45, 2.75) is 6.61 Å². The number of hydrazone groups is 1. The first-order chi connectivity index (χ1) is 10.6. The third kappa shape index (κ3) is 4.23. The number of halogens is 2. The Balaban J connectivity index is 2.10. The second-order valence-electron chi connectivity index (χ2n) is 4.09. The molecular weight excluding hydrogens is 296 g/mol. The zero-order chi connectivity index (χ0) is 15.9. The third-order valence-corrected chi connectivity index (χ3v) is 2.59. The van der Waals surface area contributed by atoms with Crippen LogP contribution in [0.4, 0.5) is 20.2 Å².